The van der Waals surface area contributed by atoms with Gasteiger partial charge in [0.1, 0.15) is 4.90 Å². The van der Waals surface area contributed by atoms with Crippen LogP contribution in [0, 0.1) is 0 Å². The third-order valence-corrected chi connectivity index (χ3v) is 7.54. The van der Waals surface area contributed by atoms with Crippen molar-refractivity contribution in [2.75, 3.05) is 13.1 Å². The summed E-state index contributed by atoms with van der Waals surface area (Å²) < 4.78 is 26.6. The van der Waals surface area contributed by atoms with E-state index in [0.29, 0.717) is 13.1 Å². The molecule has 0 bridgehead atoms. The molecule has 0 atom stereocenters. The molecular weight excluding hydrogens is 364 g/mol. The number of sulfonamides is 1. The largest absolute Gasteiger partial charge is 0.249 e. The summed E-state index contributed by atoms with van der Waals surface area (Å²) in [5, 5.41) is 3.31. The number of fused-ring (bicyclic) bond motifs is 1. The van der Waals surface area contributed by atoms with Crippen molar-refractivity contribution < 1.29 is 8.42 Å². The maximum Gasteiger partial charge on any atom is 0.244 e. The van der Waals surface area contributed by atoms with Gasteiger partial charge in [-0.1, -0.05) is 42.5 Å². The minimum Gasteiger partial charge on any atom is -0.249 e. The molecule has 1 aromatic heterocycles. The van der Waals surface area contributed by atoms with Crippen molar-refractivity contribution in [2.45, 2.75) is 28.5 Å². The number of pyridine rings is 1. The van der Waals surface area contributed by atoms with Gasteiger partial charge in [-0.25, -0.2) is 13.4 Å². The van der Waals surface area contributed by atoms with E-state index >= 15 is 0 Å². The Morgan fingerprint density at radius 2 is 1.73 bits per heavy atom. The predicted molar refractivity (Wildman–Crippen MR) is 106 cm³/mol. The summed E-state index contributed by atoms with van der Waals surface area (Å²) in [6, 6.07) is 18.1. The van der Waals surface area contributed by atoms with Crippen LogP contribution in [-0.4, -0.2) is 30.8 Å². The monoisotopic (exact) mass is 384 g/mol. The number of aromatic nitrogens is 1. The average molecular weight is 385 g/mol. The molecule has 0 amide bonds. The zero-order valence-electron chi connectivity index (χ0n) is 14.3. The first-order valence-corrected chi connectivity index (χ1v) is 11.1. The lowest BCUT2D eigenvalue weighted by Crippen LogP contribution is -2.27. The van der Waals surface area contributed by atoms with Crippen LogP contribution >= 0.6 is 11.8 Å². The smallest absolute Gasteiger partial charge is 0.244 e. The summed E-state index contributed by atoms with van der Waals surface area (Å²) >= 11 is 1.62. The van der Waals surface area contributed by atoms with Gasteiger partial charge in [-0.3, -0.25) is 0 Å². The highest BCUT2D eigenvalue weighted by Gasteiger charge is 2.27. The molecule has 4 rings (SSSR count). The summed E-state index contributed by atoms with van der Waals surface area (Å²) in [5.74, 6) is 0.798. The summed E-state index contributed by atoms with van der Waals surface area (Å²) in [6.45, 7) is 1.22. The zero-order chi connectivity index (χ0) is 18.0. The lowest BCUT2D eigenvalue weighted by molar-refractivity contribution is 0.477. The van der Waals surface area contributed by atoms with Crippen molar-refractivity contribution >= 4 is 32.6 Å². The quantitative estimate of drug-likeness (QED) is 0.615. The van der Waals surface area contributed by atoms with Gasteiger partial charge >= 0.3 is 0 Å². The molecule has 134 valence electrons. The van der Waals surface area contributed by atoms with Gasteiger partial charge in [-0.2, -0.15) is 4.31 Å². The molecule has 4 nitrogen and oxygen atoms in total. The molecule has 1 saturated heterocycles. The van der Waals surface area contributed by atoms with Crippen molar-refractivity contribution in [1.29, 1.82) is 0 Å². The molecule has 1 fully saturated rings. The summed E-state index contributed by atoms with van der Waals surface area (Å²) in [5.41, 5.74) is 1.25. The van der Waals surface area contributed by atoms with Gasteiger partial charge in [0.25, 0.3) is 0 Å². The number of hydrogen-bond acceptors (Lipinski definition) is 4. The van der Waals surface area contributed by atoms with Crippen molar-refractivity contribution in [3.63, 3.8) is 0 Å². The number of hydrogen-bond donors (Lipinski definition) is 0. The molecule has 2 heterocycles. The van der Waals surface area contributed by atoms with E-state index in [9.17, 15) is 8.42 Å². The van der Waals surface area contributed by atoms with Gasteiger partial charge in [0, 0.05) is 25.0 Å². The Morgan fingerprint density at radius 1 is 0.962 bits per heavy atom. The van der Waals surface area contributed by atoms with Crippen molar-refractivity contribution in [3.8, 4) is 0 Å². The normalized spacial score (nSPS) is 15.5. The first-order valence-electron chi connectivity index (χ1n) is 8.70. The van der Waals surface area contributed by atoms with Crippen LogP contribution in [0.2, 0.25) is 0 Å². The van der Waals surface area contributed by atoms with Crippen LogP contribution in [0.5, 0.6) is 0 Å². The van der Waals surface area contributed by atoms with Gasteiger partial charge in [-0.15, -0.1) is 11.8 Å². The summed E-state index contributed by atoms with van der Waals surface area (Å²) in [6.07, 6.45) is 3.36. The van der Waals surface area contributed by atoms with Gasteiger partial charge in [0.15, 0.2) is 0 Å². The Kier molecular flexibility index (Phi) is 4.98. The molecular formula is C20H20N2O2S2. The van der Waals surface area contributed by atoms with Crippen molar-refractivity contribution in [1.82, 2.24) is 9.29 Å². The molecule has 6 heteroatoms. The van der Waals surface area contributed by atoms with Gasteiger partial charge in [0.05, 0.1) is 5.03 Å². The molecule has 3 aromatic rings. The van der Waals surface area contributed by atoms with Crippen LogP contribution in [0.25, 0.3) is 10.8 Å². The molecule has 26 heavy (non-hydrogen) atoms. The molecule has 0 radical (unpaired) electrons. The van der Waals surface area contributed by atoms with E-state index in [1.165, 1.54) is 22.5 Å². The third-order valence-electron chi connectivity index (χ3n) is 4.67. The van der Waals surface area contributed by atoms with E-state index in [2.05, 4.69) is 35.3 Å². The highest BCUT2D eigenvalue weighted by Crippen LogP contribution is 2.27. The number of rotatable bonds is 5. The standard InChI is InChI=1S/C20H20N2O2S2/c23-26(24,22-12-3-4-13-22)18-10-11-20(21-14-18)25-15-17-8-5-7-16-6-1-2-9-19(16)17/h1-2,5-11,14H,3-4,12-13,15H2. The van der Waals surface area contributed by atoms with E-state index in [4.69, 9.17) is 0 Å². The predicted octanol–water partition coefficient (Wildman–Crippen LogP) is 4.31. The zero-order valence-corrected chi connectivity index (χ0v) is 16.0. The Labute approximate surface area is 158 Å². The molecule has 2 aromatic carbocycles. The van der Waals surface area contributed by atoms with Gasteiger partial charge in [-0.05, 0) is 41.3 Å². The van der Waals surface area contributed by atoms with E-state index in [0.717, 1.165) is 23.6 Å². The van der Waals surface area contributed by atoms with Crippen molar-refractivity contribution in [3.05, 3.63) is 66.4 Å². The lowest BCUT2D eigenvalue weighted by atomic mass is 10.1. The van der Waals surface area contributed by atoms with Crippen LogP contribution in [0.15, 0.2) is 70.7 Å². The van der Waals surface area contributed by atoms with Crippen LogP contribution in [0.1, 0.15) is 18.4 Å². The first kappa shape index (κ1) is 17.5. The Bertz CT molecular complexity index is 1010. The minimum atomic E-state index is -3.39. The Hall–Kier alpha value is -1.89. The van der Waals surface area contributed by atoms with Gasteiger partial charge < -0.3 is 0 Å². The van der Waals surface area contributed by atoms with E-state index < -0.39 is 10.0 Å². The third kappa shape index (κ3) is 3.49. The molecule has 0 saturated carbocycles. The fraction of sp³-hybridized carbons (Fsp3) is 0.250. The van der Waals surface area contributed by atoms with E-state index in [-0.39, 0.29) is 4.90 Å². The van der Waals surface area contributed by atoms with E-state index in [1.807, 2.05) is 12.1 Å². The fourth-order valence-electron chi connectivity index (χ4n) is 3.25. The topological polar surface area (TPSA) is 50.3 Å². The second kappa shape index (κ2) is 7.39. The van der Waals surface area contributed by atoms with Gasteiger partial charge in [0.2, 0.25) is 10.0 Å². The average Bonchev–Trinajstić information content (AvgIpc) is 3.22. The number of thioether (sulfide) groups is 1. The lowest BCUT2D eigenvalue weighted by Gasteiger charge is -2.15. The van der Waals surface area contributed by atoms with Crippen LogP contribution in [-0.2, 0) is 15.8 Å². The second-order valence-electron chi connectivity index (χ2n) is 6.37. The molecule has 0 N–H and O–H groups in total. The Morgan fingerprint density at radius 3 is 2.50 bits per heavy atom. The maximum absolute atomic E-state index is 12.6. The van der Waals surface area contributed by atoms with E-state index in [1.54, 1.807) is 28.2 Å². The molecule has 0 aliphatic carbocycles. The van der Waals surface area contributed by atoms with Crippen LogP contribution in [0.4, 0.5) is 0 Å². The first-order chi connectivity index (χ1) is 12.6. The number of nitrogens with zero attached hydrogens (tertiary/aromatic N) is 2. The SMILES string of the molecule is O=S(=O)(c1ccc(SCc2cccc3ccccc23)nc1)N1CCCC1. The minimum absolute atomic E-state index is 0.286. The summed E-state index contributed by atoms with van der Waals surface area (Å²) in [4.78, 5) is 4.65. The highest BCUT2D eigenvalue weighted by atomic mass is 32.2. The summed E-state index contributed by atoms with van der Waals surface area (Å²) in [7, 11) is -3.39. The van der Waals surface area contributed by atoms with Crippen LogP contribution in [0.3, 0.4) is 0 Å². The molecule has 0 unspecified atom stereocenters. The second-order valence-corrected chi connectivity index (χ2v) is 9.30. The maximum atomic E-state index is 12.6. The van der Waals surface area contributed by atoms with Crippen molar-refractivity contribution in [2.24, 2.45) is 0 Å². The fourth-order valence-corrected chi connectivity index (χ4v) is 5.56. The molecule has 0 spiro atoms. The molecule has 1 aliphatic heterocycles. The Balaban J connectivity index is 1.49. The number of benzene rings is 2. The van der Waals surface area contributed by atoms with Crippen LogP contribution < -0.4 is 0 Å². The highest BCUT2D eigenvalue weighted by molar-refractivity contribution is 7.98. The molecule has 1 aliphatic rings.